The third-order valence-electron chi connectivity index (χ3n) is 4.91. The van der Waals surface area contributed by atoms with Crippen LogP contribution in [-0.4, -0.2) is 32.3 Å². The number of nitrogens with zero attached hydrogens (tertiary/aromatic N) is 1. The van der Waals surface area contributed by atoms with E-state index in [0.717, 1.165) is 31.2 Å². The van der Waals surface area contributed by atoms with Crippen LogP contribution in [0.3, 0.4) is 0 Å². The van der Waals surface area contributed by atoms with Gasteiger partial charge in [0, 0.05) is 10.4 Å². The molecule has 158 valence electrons. The summed E-state index contributed by atoms with van der Waals surface area (Å²) in [5, 5.41) is 16.1. The zero-order chi connectivity index (χ0) is 21.7. The number of anilines is 1. The quantitative estimate of drug-likeness (QED) is 0.530. The van der Waals surface area contributed by atoms with E-state index in [0.29, 0.717) is 33.4 Å². The van der Waals surface area contributed by atoms with Crippen molar-refractivity contribution in [3.05, 3.63) is 33.7 Å². The maximum atomic E-state index is 12.7. The summed E-state index contributed by atoms with van der Waals surface area (Å²) in [6.45, 7) is 0. The predicted octanol–water partition coefficient (Wildman–Crippen LogP) is 4.04. The maximum absolute atomic E-state index is 12.7. The molecule has 0 fully saturated rings. The Labute approximate surface area is 184 Å². The predicted molar refractivity (Wildman–Crippen MR) is 120 cm³/mol. The molecular formula is C21H23N3O4S2. The largest absolute Gasteiger partial charge is 0.493 e. The molecule has 0 saturated heterocycles. The van der Waals surface area contributed by atoms with Crippen LogP contribution in [0.15, 0.2) is 12.1 Å². The lowest BCUT2D eigenvalue weighted by Crippen LogP contribution is -2.34. The summed E-state index contributed by atoms with van der Waals surface area (Å²) in [4.78, 5) is 14.0. The molecule has 1 aliphatic carbocycles. The van der Waals surface area contributed by atoms with Crippen LogP contribution in [0.4, 0.5) is 5.00 Å². The summed E-state index contributed by atoms with van der Waals surface area (Å²) in [6, 6.07) is 5.39. The molecule has 0 unspecified atom stereocenters. The number of amides is 1. The van der Waals surface area contributed by atoms with Gasteiger partial charge in [-0.3, -0.25) is 10.1 Å². The molecule has 7 nitrogen and oxygen atoms in total. The molecule has 1 heterocycles. The van der Waals surface area contributed by atoms with Gasteiger partial charge in [0.1, 0.15) is 11.1 Å². The average molecular weight is 446 g/mol. The molecule has 9 heteroatoms. The van der Waals surface area contributed by atoms with E-state index in [4.69, 9.17) is 26.4 Å². The molecule has 3 rings (SSSR count). The van der Waals surface area contributed by atoms with Crippen LogP contribution in [0.2, 0.25) is 0 Å². The third kappa shape index (κ3) is 4.50. The Morgan fingerprint density at radius 3 is 2.37 bits per heavy atom. The van der Waals surface area contributed by atoms with Crippen molar-refractivity contribution in [3.8, 4) is 23.3 Å². The van der Waals surface area contributed by atoms with Crippen LogP contribution in [-0.2, 0) is 12.8 Å². The smallest absolute Gasteiger partial charge is 0.257 e. The topological polar surface area (TPSA) is 92.6 Å². The Morgan fingerprint density at radius 2 is 1.77 bits per heavy atom. The molecule has 0 saturated carbocycles. The van der Waals surface area contributed by atoms with E-state index in [1.54, 1.807) is 12.1 Å². The highest BCUT2D eigenvalue weighted by molar-refractivity contribution is 7.80. The normalized spacial score (nSPS) is 12.7. The molecule has 0 radical (unpaired) electrons. The Morgan fingerprint density at radius 1 is 1.10 bits per heavy atom. The van der Waals surface area contributed by atoms with Crippen LogP contribution in [0.5, 0.6) is 17.2 Å². The fraction of sp³-hybridized carbons (Fsp3) is 0.381. The number of benzene rings is 1. The van der Waals surface area contributed by atoms with Gasteiger partial charge >= 0.3 is 0 Å². The van der Waals surface area contributed by atoms with E-state index in [1.165, 1.54) is 44.0 Å². The van der Waals surface area contributed by atoms with Crippen molar-refractivity contribution in [1.29, 1.82) is 5.26 Å². The molecular weight excluding hydrogens is 422 g/mol. The molecule has 1 aliphatic rings. The van der Waals surface area contributed by atoms with Crippen LogP contribution < -0.4 is 24.8 Å². The van der Waals surface area contributed by atoms with Gasteiger partial charge in [-0.05, 0) is 55.6 Å². The van der Waals surface area contributed by atoms with Gasteiger partial charge in [-0.15, -0.1) is 11.3 Å². The lowest BCUT2D eigenvalue weighted by Gasteiger charge is -2.14. The van der Waals surface area contributed by atoms with Crippen molar-refractivity contribution in [3.63, 3.8) is 0 Å². The summed E-state index contributed by atoms with van der Waals surface area (Å²) in [7, 11) is 4.46. The highest BCUT2D eigenvalue weighted by Crippen LogP contribution is 2.39. The summed E-state index contributed by atoms with van der Waals surface area (Å²) >= 11 is 6.86. The molecule has 0 atom stereocenters. The Kier molecular flexibility index (Phi) is 7.13. The molecule has 1 aromatic heterocycles. The number of ether oxygens (including phenoxy) is 3. The lowest BCUT2D eigenvalue weighted by molar-refractivity contribution is 0.0977. The number of fused-ring (bicyclic) bond motifs is 1. The van der Waals surface area contributed by atoms with Gasteiger partial charge in [0.25, 0.3) is 5.91 Å². The molecule has 2 aromatic rings. The van der Waals surface area contributed by atoms with Gasteiger partial charge < -0.3 is 19.5 Å². The number of aryl methyl sites for hydroxylation is 1. The number of hydrogen-bond acceptors (Lipinski definition) is 7. The van der Waals surface area contributed by atoms with E-state index in [2.05, 4.69) is 16.7 Å². The van der Waals surface area contributed by atoms with E-state index in [-0.39, 0.29) is 5.11 Å². The number of methoxy groups -OCH3 is 3. The average Bonchev–Trinajstić information content (AvgIpc) is 2.91. The first-order valence-corrected chi connectivity index (χ1v) is 10.7. The van der Waals surface area contributed by atoms with Crippen molar-refractivity contribution in [1.82, 2.24) is 5.32 Å². The highest BCUT2D eigenvalue weighted by Gasteiger charge is 2.22. The number of thiophene rings is 1. The molecule has 0 bridgehead atoms. The minimum atomic E-state index is -0.427. The minimum absolute atomic E-state index is 0.127. The first-order chi connectivity index (χ1) is 14.5. The second-order valence-electron chi connectivity index (χ2n) is 6.70. The number of nitrogens with one attached hydrogen (secondary N) is 2. The second kappa shape index (κ2) is 9.78. The van der Waals surface area contributed by atoms with Gasteiger partial charge in [-0.25, -0.2) is 0 Å². The maximum Gasteiger partial charge on any atom is 0.257 e. The zero-order valence-electron chi connectivity index (χ0n) is 17.1. The summed E-state index contributed by atoms with van der Waals surface area (Å²) in [5.41, 5.74) is 2.04. The van der Waals surface area contributed by atoms with E-state index in [1.807, 2.05) is 0 Å². The highest BCUT2D eigenvalue weighted by atomic mass is 32.1. The number of carbonyl (C=O) groups excluding carboxylic acids is 1. The van der Waals surface area contributed by atoms with Gasteiger partial charge in [0.15, 0.2) is 16.6 Å². The molecule has 0 spiro atoms. The minimum Gasteiger partial charge on any atom is -0.493 e. The zero-order valence-corrected chi connectivity index (χ0v) is 18.7. The van der Waals surface area contributed by atoms with E-state index in [9.17, 15) is 10.1 Å². The fourth-order valence-corrected chi connectivity index (χ4v) is 4.97. The first-order valence-electron chi connectivity index (χ1n) is 9.49. The molecule has 30 heavy (non-hydrogen) atoms. The number of hydrogen-bond donors (Lipinski definition) is 2. The van der Waals surface area contributed by atoms with Gasteiger partial charge in [-0.1, -0.05) is 6.42 Å². The van der Waals surface area contributed by atoms with E-state index >= 15 is 0 Å². The number of carbonyl (C=O) groups is 1. The molecule has 1 aromatic carbocycles. The van der Waals surface area contributed by atoms with Gasteiger partial charge in [-0.2, -0.15) is 5.26 Å². The Hall–Kier alpha value is -2.83. The van der Waals surface area contributed by atoms with Crippen molar-refractivity contribution >= 4 is 39.6 Å². The summed E-state index contributed by atoms with van der Waals surface area (Å²) < 4.78 is 15.9. The lowest BCUT2D eigenvalue weighted by atomic mass is 10.1. The molecule has 1 amide bonds. The van der Waals surface area contributed by atoms with Gasteiger partial charge in [0.2, 0.25) is 5.75 Å². The van der Waals surface area contributed by atoms with Crippen LogP contribution in [0.25, 0.3) is 0 Å². The molecule has 2 N–H and O–H groups in total. The number of nitriles is 1. The van der Waals surface area contributed by atoms with E-state index < -0.39 is 5.91 Å². The summed E-state index contributed by atoms with van der Waals surface area (Å²) in [6.07, 6.45) is 5.26. The number of rotatable bonds is 5. The first kappa shape index (κ1) is 21.9. The SMILES string of the molecule is COc1cc(C(=O)NC(=S)Nc2sc3c(c2C#N)CCCCC3)cc(OC)c1OC. The van der Waals surface area contributed by atoms with Crippen molar-refractivity contribution in [2.75, 3.05) is 26.6 Å². The Bertz CT molecular complexity index is 985. The van der Waals surface area contributed by atoms with Crippen LogP contribution in [0, 0.1) is 11.3 Å². The van der Waals surface area contributed by atoms with Crippen molar-refractivity contribution in [2.24, 2.45) is 0 Å². The van der Waals surface area contributed by atoms with Crippen LogP contribution in [0.1, 0.15) is 45.6 Å². The third-order valence-corrected chi connectivity index (χ3v) is 6.33. The summed E-state index contributed by atoms with van der Waals surface area (Å²) in [5.74, 6) is 0.712. The van der Waals surface area contributed by atoms with Crippen LogP contribution >= 0.6 is 23.6 Å². The van der Waals surface area contributed by atoms with Gasteiger partial charge in [0.05, 0.1) is 26.9 Å². The van der Waals surface area contributed by atoms with Crippen molar-refractivity contribution < 1.29 is 19.0 Å². The van der Waals surface area contributed by atoms with Crippen molar-refractivity contribution in [2.45, 2.75) is 32.1 Å². The number of thiocarbonyl (C=S) groups is 1. The molecule has 0 aliphatic heterocycles. The fourth-order valence-electron chi connectivity index (χ4n) is 3.47. The Balaban J connectivity index is 1.77. The standard InChI is InChI=1S/C21H23N3O4S2/c1-26-15-9-12(10-16(27-2)18(15)28-3)19(25)23-21(29)24-20-14(11-22)13-7-5-4-6-8-17(13)30-20/h9-10H,4-8H2,1-3H3,(H2,23,24,25,29). The monoisotopic (exact) mass is 445 g/mol. The second-order valence-corrected chi connectivity index (χ2v) is 8.22.